The van der Waals surface area contributed by atoms with Crippen molar-refractivity contribution in [1.82, 2.24) is 10.7 Å². The van der Waals surface area contributed by atoms with Gasteiger partial charge < -0.3 is 5.32 Å². The molecule has 0 heterocycles. The average Bonchev–Trinajstić information content (AvgIpc) is 2.51. The molecule has 0 aliphatic rings. The molecule has 0 radical (unpaired) electrons. The lowest BCUT2D eigenvalue weighted by Crippen LogP contribution is -2.39. The van der Waals surface area contributed by atoms with E-state index in [0.29, 0.717) is 11.1 Å². The average molecular weight is 409 g/mol. The van der Waals surface area contributed by atoms with E-state index in [-0.39, 0.29) is 21.3 Å². The highest BCUT2D eigenvalue weighted by Gasteiger charge is 2.14. The van der Waals surface area contributed by atoms with Crippen molar-refractivity contribution < 1.29 is 18.4 Å². The van der Waals surface area contributed by atoms with Crippen molar-refractivity contribution in [2.24, 2.45) is 0 Å². The number of carbonyl (C=O) groups excluding carboxylic acids is 2. The first kappa shape index (κ1) is 19.2. The number of halogens is 5. The third kappa shape index (κ3) is 5.19. The molecule has 0 saturated heterocycles. The molecular weight excluding hydrogens is 399 g/mol. The molecule has 132 valence electrons. The molecule has 25 heavy (non-hydrogen) atoms. The van der Waals surface area contributed by atoms with Gasteiger partial charge in [-0.15, -0.1) is 0 Å². The van der Waals surface area contributed by atoms with Gasteiger partial charge in [0.2, 0.25) is 0 Å². The molecule has 3 N–H and O–H groups in total. The van der Waals surface area contributed by atoms with Gasteiger partial charge in [-0.1, -0.05) is 34.8 Å². The first-order valence-electron chi connectivity index (χ1n) is 6.70. The van der Waals surface area contributed by atoms with E-state index in [4.69, 9.17) is 34.8 Å². The summed E-state index contributed by atoms with van der Waals surface area (Å²) in [5.41, 5.74) is 4.59. The molecular formula is C15H10Cl3F2N3O2. The highest BCUT2D eigenvalue weighted by molar-refractivity contribution is 6.41. The summed E-state index contributed by atoms with van der Waals surface area (Å²) in [6.07, 6.45) is 0. The first-order chi connectivity index (χ1) is 11.8. The zero-order valence-electron chi connectivity index (χ0n) is 12.3. The molecule has 0 atom stereocenters. The van der Waals surface area contributed by atoms with Crippen molar-refractivity contribution in [2.75, 3.05) is 12.0 Å². The summed E-state index contributed by atoms with van der Waals surface area (Å²) in [6, 6.07) is 5.32. The van der Waals surface area contributed by atoms with Crippen molar-refractivity contribution >= 4 is 52.3 Å². The number of nitrogens with one attached hydrogen (secondary N) is 3. The maximum Gasteiger partial charge on any atom is 0.257 e. The highest BCUT2D eigenvalue weighted by Crippen LogP contribution is 2.32. The molecule has 2 rings (SSSR count). The van der Waals surface area contributed by atoms with E-state index >= 15 is 0 Å². The van der Waals surface area contributed by atoms with Crippen LogP contribution in [0.25, 0.3) is 0 Å². The summed E-state index contributed by atoms with van der Waals surface area (Å²) in [4.78, 5) is 23.5. The smallest absolute Gasteiger partial charge is 0.257 e. The lowest BCUT2D eigenvalue weighted by molar-refractivity contribution is -0.119. The van der Waals surface area contributed by atoms with Crippen LogP contribution < -0.4 is 16.2 Å². The largest absolute Gasteiger partial charge is 0.343 e. The summed E-state index contributed by atoms with van der Waals surface area (Å²) in [7, 11) is 0. The maximum absolute atomic E-state index is 13.5. The van der Waals surface area contributed by atoms with E-state index in [1.165, 1.54) is 12.1 Å². The Balaban J connectivity index is 1.90. The molecule has 0 aromatic heterocycles. The monoisotopic (exact) mass is 407 g/mol. The van der Waals surface area contributed by atoms with Crippen molar-refractivity contribution in [2.45, 2.75) is 0 Å². The topological polar surface area (TPSA) is 70.2 Å². The molecule has 10 heteroatoms. The minimum Gasteiger partial charge on any atom is -0.343 e. The SMILES string of the molecule is O=C(CNC(=O)c1ccc(F)cc1F)NNc1c(Cl)cc(Cl)cc1Cl. The van der Waals surface area contributed by atoms with Crippen LogP contribution in [0, 0.1) is 11.6 Å². The lowest BCUT2D eigenvalue weighted by atomic mass is 10.2. The zero-order chi connectivity index (χ0) is 18.6. The zero-order valence-corrected chi connectivity index (χ0v) is 14.6. The highest BCUT2D eigenvalue weighted by atomic mass is 35.5. The van der Waals surface area contributed by atoms with Crippen molar-refractivity contribution in [3.05, 3.63) is 62.6 Å². The predicted octanol–water partition coefficient (Wildman–Crippen LogP) is 3.80. The number of anilines is 1. The fourth-order valence-electron chi connectivity index (χ4n) is 1.77. The molecule has 5 nitrogen and oxygen atoms in total. The molecule has 0 fully saturated rings. The van der Waals surface area contributed by atoms with Crippen LogP contribution in [0.1, 0.15) is 10.4 Å². The van der Waals surface area contributed by atoms with E-state index < -0.39 is 30.0 Å². The Morgan fingerprint density at radius 1 is 1.00 bits per heavy atom. The fraction of sp³-hybridized carbons (Fsp3) is 0.0667. The Kier molecular flexibility index (Phi) is 6.41. The van der Waals surface area contributed by atoms with Crippen molar-refractivity contribution in [3.63, 3.8) is 0 Å². The van der Waals surface area contributed by atoms with Gasteiger partial charge in [0.05, 0.1) is 27.8 Å². The Morgan fingerprint density at radius 2 is 1.64 bits per heavy atom. The van der Waals surface area contributed by atoms with Crippen molar-refractivity contribution in [3.8, 4) is 0 Å². The number of rotatable bonds is 5. The van der Waals surface area contributed by atoms with Crippen LogP contribution >= 0.6 is 34.8 Å². The number of carbonyl (C=O) groups is 2. The Hall–Kier alpha value is -2.09. The summed E-state index contributed by atoms with van der Waals surface area (Å²) < 4.78 is 26.3. The van der Waals surface area contributed by atoms with Gasteiger partial charge in [-0.05, 0) is 24.3 Å². The van der Waals surface area contributed by atoms with E-state index in [0.717, 1.165) is 12.1 Å². The van der Waals surface area contributed by atoms with Crippen LogP contribution in [-0.2, 0) is 4.79 Å². The molecule has 0 bridgehead atoms. The number of hydrogen-bond acceptors (Lipinski definition) is 3. The van der Waals surface area contributed by atoms with Gasteiger partial charge in [0, 0.05) is 11.1 Å². The quantitative estimate of drug-likeness (QED) is 0.659. The second-order valence-corrected chi connectivity index (χ2v) is 5.98. The van der Waals surface area contributed by atoms with Crippen molar-refractivity contribution in [1.29, 1.82) is 0 Å². The van der Waals surface area contributed by atoms with Crippen LogP contribution in [0.5, 0.6) is 0 Å². The molecule has 2 amide bonds. The molecule has 0 spiro atoms. The Labute approximate surface area is 156 Å². The minimum atomic E-state index is -1.03. The van der Waals surface area contributed by atoms with E-state index in [1.807, 2.05) is 0 Å². The van der Waals surface area contributed by atoms with Gasteiger partial charge in [-0.3, -0.25) is 20.4 Å². The normalized spacial score (nSPS) is 10.3. The minimum absolute atomic E-state index is 0.176. The van der Waals surface area contributed by atoms with E-state index in [1.54, 1.807) is 0 Å². The lowest BCUT2D eigenvalue weighted by Gasteiger charge is -2.12. The molecule has 0 saturated carbocycles. The molecule has 0 aliphatic carbocycles. The standard InChI is InChI=1S/C15H10Cl3F2N3O2/c16-7-3-10(17)14(11(18)4-7)23-22-13(24)6-21-15(25)9-2-1-8(19)5-12(9)20/h1-5,23H,6H2,(H,21,25)(H,22,24). The van der Waals surface area contributed by atoms with Gasteiger partial charge in [0.15, 0.2) is 0 Å². The number of hydrogen-bond donors (Lipinski definition) is 3. The molecule has 2 aromatic carbocycles. The van der Waals surface area contributed by atoms with Gasteiger partial charge in [-0.25, -0.2) is 8.78 Å². The second kappa shape index (κ2) is 8.33. The molecule has 0 aliphatic heterocycles. The van der Waals surface area contributed by atoms with Crippen LogP contribution in [0.3, 0.4) is 0 Å². The number of amides is 2. The predicted molar refractivity (Wildman–Crippen MR) is 91.9 cm³/mol. The maximum atomic E-state index is 13.5. The first-order valence-corrected chi connectivity index (χ1v) is 7.84. The van der Waals surface area contributed by atoms with E-state index in [9.17, 15) is 18.4 Å². The fourth-order valence-corrected chi connectivity index (χ4v) is 2.68. The van der Waals surface area contributed by atoms with Crippen LogP contribution in [0.2, 0.25) is 15.1 Å². The summed E-state index contributed by atoms with van der Waals surface area (Å²) in [5, 5.41) is 2.87. The van der Waals surface area contributed by atoms with Gasteiger partial charge >= 0.3 is 0 Å². The van der Waals surface area contributed by atoms with Crippen LogP contribution in [0.15, 0.2) is 30.3 Å². The molecule has 2 aromatic rings. The third-order valence-corrected chi connectivity index (χ3v) is 3.73. The number of hydrazine groups is 1. The Morgan fingerprint density at radius 3 is 2.24 bits per heavy atom. The summed E-state index contributed by atoms with van der Waals surface area (Å²) in [5.74, 6) is -3.36. The van der Waals surface area contributed by atoms with Crippen LogP contribution in [0.4, 0.5) is 14.5 Å². The van der Waals surface area contributed by atoms with E-state index in [2.05, 4.69) is 16.2 Å². The third-order valence-electron chi connectivity index (χ3n) is 2.92. The second-order valence-electron chi connectivity index (χ2n) is 4.72. The molecule has 0 unspecified atom stereocenters. The number of benzene rings is 2. The summed E-state index contributed by atoms with van der Waals surface area (Å²) >= 11 is 17.6. The summed E-state index contributed by atoms with van der Waals surface area (Å²) in [6.45, 7) is -0.467. The Bertz CT molecular complexity index is 811. The van der Waals surface area contributed by atoms with Gasteiger partial charge in [0.25, 0.3) is 11.8 Å². The van der Waals surface area contributed by atoms with Gasteiger partial charge in [-0.2, -0.15) is 0 Å². The van der Waals surface area contributed by atoms with Crippen LogP contribution in [-0.4, -0.2) is 18.4 Å². The van der Waals surface area contributed by atoms with Gasteiger partial charge in [0.1, 0.15) is 11.6 Å².